The molecular formula is C26H30N2O6. The van der Waals surface area contributed by atoms with E-state index in [9.17, 15) is 19.5 Å². The minimum absolute atomic E-state index is 0.0609. The Kier molecular flexibility index (Phi) is 10.2. The monoisotopic (exact) mass is 466 g/mol. The Bertz CT molecular complexity index is 931. The van der Waals surface area contributed by atoms with Gasteiger partial charge in [0, 0.05) is 19.6 Å². The maximum Gasteiger partial charge on any atom is 0.320 e. The lowest BCUT2D eigenvalue weighted by Gasteiger charge is -2.29. The number of nitrogens with zero attached hydrogens (tertiary/aromatic N) is 2. The van der Waals surface area contributed by atoms with Crippen LogP contribution in [-0.2, 0) is 27.5 Å². The van der Waals surface area contributed by atoms with Gasteiger partial charge in [0.2, 0.25) is 0 Å². The molecule has 0 amide bonds. The minimum atomic E-state index is -1.28. The van der Waals surface area contributed by atoms with Crippen molar-refractivity contribution < 1.29 is 29.7 Å². The van der Waals surface area contributed by atoms with Gasteiger partial charge in [-0.1, -0.05) is 73.8 Å². The number of carboxylic acid groups (broad SMARTS) is 3. The van der Waals surface area contributed by atoms with Crippen LogP contribution in [0.15, 0.2) is 61.7 Å². The second-order valence-corrected chi connectivity index (χ2v) is 7.94. The van der Waals surface area contributed by atoms with Gasteiger partial charge in [-0.05, 0) is 28.7 Å². The van der Waals surface area contributed by atoms with Crippen molar-refractivity contribution in [3.05, 3.63) is 83.9 Å². The van der Waals surface area contributed by atoms with Crippen LogP contribution in [0.3, 0.4) is 0 Å². The summed E-state index contributed by atoms with van der Waals surface area (Å²) < 4.78 is 0. The van der Waals surface area contributed by atoms with Gasteiger partial charge in [-0.15, -0.1) is 0 Å². The topological polar surface area (TPSA) is 118 Å². The smallest absolute Gasteiger partial charge is 0.320 e. The Balaban J connectivity index is 2.22. The molecule has 0 saturated carbocycles. The number of hydrogen-bond donors (Lipinski definition) is 3. The first-order chi connectivity index (χ1) is 16.2. The standard InChI is InChI=1S/C26H30N2O6/c1-3-19-5-9-21(10-6-19)15-27(16-22-11-7-20(4-2)8-12-22)14-13-23(26(33)34)28(17-24(29)30)18-25(31)32/h3-12,23H,1-2,13-18H2,(H,29,30)(H,31,32)(H,33,34). The van der Waals surface area contributed by atoms with Gasteiger partial charge in [-0.25, -0.2) is 0 Å². The maximum absolute atomic E-state index is 11.9. The molecule has 2 rings (SSSR count). The van der Waals surface area contributed by atoms with Crippen molar-refractivity contribution in [3.63, 3.8) is 0 Å². The molecule has 0 aromatic heterocycles. The van der Waals surface area contributed by atoms with E-state index in [0.29, 0.717) is 19.6 Å². The minimum Gasteiger partial charge on any atom is -0.480 e. The number of hydrogen-bond acceptors (Lipinski definition) is 5. The molecule has 0 aliphatic rings. The van der Waals surface area contributed by atoms with E-state index in [0.717, 1.165) is 27.2 Å². The highest BCUT2D eigenvalue weighted by Gasteiger charge is 2.29. The largest absolute Gasteiger partial charge is 0.480 e. The van der Waals surface area contributed by atoms with Crippen LogP contribution in [-0.4, -0.2) is 68.7 Å². The van der Waals surface area contributed by atoms with Crippen LogP contribution in [0.25, 0.3) is 12.2 Å². The zero-order valence-electron chi connectivity index (χ0n) is 19.0. The zero-order valence-corrected chi connectivity index (χ0v) is 19.0. The number of carbonyl (C=O) groups is 3. The highest BCUT2D eigenvalue weighted by Crippen LogP contribution is 2.16. The van der Waals surface area contributed by atoms with E-state index in [1.165, 1.54) is 0 Å². The summed E-state index contributed by atoms with van der Waals surface area (Å²) in [7, 11) is 0. The molecule has 0 aliphatic heterocycles. The lowest BCUT2D eigenvalue weighted by Crippen LogP contribution is -2.47. The molecule has 8 nitrogen and oxygen atoms in total. The average molecular weight is 467 g/mol. The summed E-state index contributed by atoms with van der Waals surface area (Å²) in [6.45, 7) is 7.55. The van der Waals surface area contributed by atoms with E-state index in [1.807, 2.05) is 48.5 Å². The molecule has 180 valence electrons. The fourth-order valence-corrected chi connectivity index (χ4v) is 3.64. The molecule has 2 aromatic carbocycles. The van der Waals surface area contributed by atoms with Crippen molar-refractivity contribution in [3.8, 4) is 0 Å². The molecule has 3 N–H and O–H groups in total. The summed E-state index contributed by atoms with van der Waals surface area (Å²) in [6, 6.07) is 14.4. The Morgan fingerprint density at radius 1 is 0.765 bits per heavy atom. The fourth-order valence-electron chi connectivity index (χ4n) is 3.64. The van der Waals surface area contributed by atoms with Gasteiger partial charge in [0.05, 0.1) is 13.1 Å². The third-order valence-corrected chi connectivity index (χ3v) is 5.36. The molecular weight excluding hydrogens is 436 g/mol. The molecule has 2 aromatic rings. The van der Waals surface area contributed by atoms with Crippen molar-refractivity contribution in [2.24, 2.45) is 0 Å². The normalized spacial score (nSPS) is 11.8. The van der Waals surface area contributed by atoms with E-state index in [-0.39, 0.29) is 6.42 Å². The van der Waals surface area contributed by atoms with Crippen molar-refractivity contribution >= 4 is 30.1 Å². The van der Waals surface area contributed by atoms with Gasteiger partial charge < -0.3 is 15.3 Å². The predicted molar refractivity (Wildman–Crippen MR) is 130 cm³/mol. The Morgan fingerprint density at radius 3 is 1.50 bits per heavy atom. The molecule has 0 spiro atoms. The number of rotatable bonds is 15. The summed E-state index contributed by atoms with van der Waals surface area (Å²) in [5.41, 5.74) is 4.01. The van der Waals surface area contributed by atoms with Crippen LogP contribution in [0.4, 0.5) is 0 Å². The first kappa shape index (κ1) is 26.5. The summed E-state index contributed by atoms with van der Waals surface area (Å²) in [4.78, 5) is 37.3. The highest BCUT2D eigenvalue weighted by atomic mass is 16.4. The Hall–Kier alpha value is -3.75. The van der Waals surface area contributed by atoms with E-state index >= 15 is 0 Å². The third-order valence-electron chi connectivity index (χ3n) is 5.36. The van der Waals surface area contributed by atoms with Gasteiger partial charge >= 0.3 is 17.9 Å². The van der Waals surface area contributed by atoms with Gasteiger partial charge in [0.1, 0.15) is 6.04 Å². The number of benzene rings is 2. The van der Waals surface area contributed by atoms with Gasteiger partial charge in [-0.3, -0.25) is 24.2 Å². The van der Waals surface area contributed by atoms with Crippen molar-refractivity contribution in [2.45, 2.75) is 25.6 Å². The lowest BCUT2D eigenvalue weighted by molar-refractivity contribution is -0.149. The second-order valence-electron chi connectivity index (χ2n) is 7.94. The molecule has 0 fully saturated rings. The van der Waals surface area contributed by atoms with Crippen molar-refractivity contribution in [1.82, 2.24) is 9.80 Å². The summed E-state index contributed by atoms with van der Waals surface area (Å²) in [5.74, 6) is -3.82. The molecule has 0 aliphatic carbocycles. The van der Waals surface area contributed by atoms with E-state index in [2.05, 4.69) is 18.1 Å². The first-order valence-electron chi connectivity index (χ1n) is 10.8. The summed E-state index contributed by atoms with van der Waals surface area (Å²) in [6.07, 6.45) is 3.56. The van der Waals surface area contributed by atoms with Crippen LogP contribution in [0.1, 0.15) is 28.7 Å². The maximum atomic E-state index is 11.9. The van der Waals surface area contributed by atoms with Crippen LogP contribution in [0, 0.1) is 0 Å². The van der Waals surface area contributed by atoms with Crippen molar-refractivity contribution in [1.29, 1.82) is 0 Å². The molecule has 1 atom stereocenters. The van der Waals surface area contributed by atoms with Crippen LogP contribution < -0.4 is 0 Å². The average Bonchev–Trinajstić information content (AvgIpc) is 2.79. The van der Waals surface area contributed by atoms with Gasteiger partial charge in [0.15, 0.2) is 0 Å². The highest BCUT2D eigenvalue weighted by molar-refractivity contribution is 5.78. The number of aliphatic carboxylic acids is 3. The van der Waals surface area contributed by atoms with Crippen LogP contribution >= 0.6 is 0 Å². The van der Waals surface area contributed by atoms with Gasteiger partial charge in [0.25, 0.3) is 0 Å². The molecule has 0 saturated heterocycles. The van der Waals surface area contributed by atoms with Crippen LogP contribution in [0.5, 0.6) is 0 Å². The quantitative estimate of drug-likeness (QED) is 0.366. The van der Waals surface area contributed by atoms with E-state index in [4.69, 9.17) is 10.2 Å². The predicted octanol–water partition coefficient (Wildman–Crippen LogP) is 3.29. The molecule has 0 heterocycles. The molecule has 0 bridgehead atoms. The fraction of sp³-hybridized carbons (Fsp3) is 0.269. The van der Waals surface area contributed by atoms with E-state index < -0.39 is 37.0 Å². The number of carboxylic acids is 3. The first-order valence-corrected chi connectivity index (χ1v) is 10.8. The molecule has 8 heteroatoms. The Morgan fingerprint density at radius 2 is 1.18 bits per heavy atom. The molecule has 34 heavy (non-hydrogen) atoms. The SMILES string of the molecule is C=Cc1ccc(CN(CCC(C(=O)O)N(CC(=O)O)CC(=O)O)Cc2ccc(C=C)cc2)cc1. The Labute approximate surface area is 199 Å². The summed E-state index contributed by atoms with van der Waals surface area (Å²) >= 11 is 0. The van der Waals surface area contributed by atoms with Gasteiger partial charge in [-0.2, -0.15) is 0 Å². The third kappa shape index (κ3) is 8.65. The van der Waals surface area contributed by atoms with Crippen molar-refractivity contribution in [2.75, 3.05) is 19.6 Å². The molecule has 1 unspecified atom stereocenters. The zero-order chi connectivity index (χ0) is 25.1. The second kappa shape index (κ2) is 13.1. The molecule has 0 radical (unpaired) electrons. The van der Waals surface area contributed by atoms with E-state index in [1.54, 1.807) is 12.2 Å². The summed E-state index contributed by atoms with van der Waals surface area (Å²) in [5, 5.41) is 28.0. The van der Waals surface area contributed by atoms with Crippen LogP contribution in [0.2, 0.25) is 0 Å². The lowest BCUT2D eigenvalue weighted by atomic mass is 10.1.